The van der Waals surface area contributed by atoms with E-state index in [9.17, 15) is 9.59 Å². The molecule has 31 heavy (non-hydrogen) atoms. The van der Waals surface area contributed by atoms with Crippen LogP contribution >= 0.6 is 0 Å². The molecule has 0 aromatic carbocycles. The quantitative estimate of drug-likeness (QED) is 0.584. The van der Waals surface area contributed by atoms with Gasteiger partial charge in [0.1, 0.15) is 5.82 Å². The van der Waals surface area contributed by atoms with E-state index in [0.29, 0.717) is 29.5 Å². The number of aromatic nitrogens is 6. The summed E-state index contributed by atoms with van der Waals surface area (Å²) in [5, 5.41) is 0. The molecule has 0 atom stereocenters. The van der Waals surface area contributed by atoms with Crippen molar-refractivity contribution in [3.05, 3.63) is 43.6 Å². The SMILES string of the molecule is CC#CCn1c(N(C)C)nc2c1c(=O)n(Cc1nc(C)c3c(n1)CCCC3)c(=O)n2C. The van der Waals surface area contributed by atoms with Crippen LogP contribution in [-0.4, -0.2) is 42.7 Å². The maximum atomic E-state index is 13.5. The first-order chi connectivity index (χ1) is 14.8. The summed E-state index contributed by atoms with van der Waals surface area (Å²) in [6, 6.07) is 0. The van der Waals surface area contributed by atoms with Crippen molar-refractivity contribution in [1.29, 1.82) is 0 Å². The number of hydrogen-bond donors (Lipinski definition) is 0. The molecule has 9 heteroatoms. The lowest BCUT2D eigenvalue weighted by atomic mass is 9.95. The second-order valence-corrected chi connectivity index (χ2v) is 8.08. The van der Waals surface area contributed by atoms with Crippen LogP contribution in [0.25, 0.3) is 11.2 Å². The molecule has 0 fully saturated rings. The van der Waals surface area contributed by atoms with Crippen LogP contribution in [0, 0.1) is 18.8 Å². The van der Waals surface area contributed by atoms with E-state index in [4.69, 9.17) is 4.98 Å². The van der Waals surface area contributed by atoms with Gasteiger partial charge in [0.2, 0.25) is 5.95 Å². The first-order valence-corrected chi connectivity index (χ1v) is 10.5. The summed E-state index contributed by atoms with van der Waals surface area (Å²) >= 11 is 0. The highest BCUT2D eigenvalue weighted by atomic mass is 16.2. The monoisotopic (exact) mass is 421 g/mol. The van der Waals surface area contributed by atoms with Gasteiger partial charge in [0, 0.05) is 32.5 Å². The molecule has 1 aliphatic carbocycles. The second kappa shape index (κ2) is 8.02. The Morgan fingerprint density at radius 1 is 1.06 bits per heavy atom. The lowest BCUT2D eigenvalue weighted by molar-refractivity contribution is 0.607. The lowest BCUT2D eigenvalue weighted by Crippen LogP contribution is -2.40. The third-order valence-electron chi connectivity index (χ3n) is 5.76. The predicted molar refractivity (Wildman–Crippen MR) is 120 cm³/mol. The van der Waals surface area contributed by atoms with E-state index in [1.54, 1.807) is 18.5 Å². The number of imidazole rings is 1. The Hall–Kier alpha value is -3.41. The van der Waals surface area contributed by atoms with Crippen LogP contribution in [0.4, 0.5) is 5.95 Å². The first-order valence-electron chi connectivity index (χ1n) is 10.5. The molecule has 0 N–H and O–H groups in total. The molecule has 0 unspecified atom stereocenters. The molecule has 3 heterocycles. The molecule has 3 aromatic heterocycles. The Bertz CT molecular complexity index is 1350. The molecule has 0 spiro atoms. The summed E-state index contributed by atoms with van der Waals surface area (Å²) in [7, 11) is 5.32. The topological polar surface area (TPSA) is 90.8 Å². The molecule has 9 nitrogen and oxygen atoms in total. The average Bonchev–Trinajstić information content (AvgIpc) is 3.14. The molecule has 0 bridgehead atoms. The minimum absolute atomic E-state index is 0.0253. The standard InChI is InChI=1S/C22H27N7O2/c1-6-7-12-28-18-19(25-21(28)26(3)4)27(5)22(31)29(20(18)30)13-17-23-14(2)15-10-8-9-11-16(15)24-17/h8-13H2,1-5H3. The third-order valence-corrected chi connectivity index (χ3v) is 5.76. The van der Waals surface area contributed by atoms with Crippen molar-refractivity contribution in [1.82, 2.24) is 28.7 Å². The Morgan fingerprint density at radius 2 is 1.81 bits per heavy atom. The van der Waals surface area contributed by atoms with Crippen LogP contribution in [0.15, 0.2) is 9.59 Å². The van der Waals surface area contributed by atoms with Gasteiger partial charge >= 0.3 is 5.69 Å². The highest BCUT2D eigenvalue weighted by molar-refractivity contribution is 5.74. The summed E-state index contributed by atoms with van der Waals surface area (Å²) in [5.41, 5.74) is 3.03. The predicted octanol–water partition coefficient (Wildman–Crippen LogP) is 1.01. The fourth-order valence-electron chi connectivity index (χ4n) is 4.21. The van der Waals surface area contributed by atoms with Crippen LogP contribution in [0.1, 0.15) is 42.5 Å². The van der Waals surface area contributed by atoms with Crippen molar-refractivity contribution < 1.29 is 0 Å². The van der Waals surface area contributed by atoms with Gasteiger partial charge in [-0.05, 0) is 45.1 Å². The van der Waals surface area contributed by atoms with Crippen molar-refractivity contribution >= 4 is 17.1 Å². The Labute approximate surface area is 180 Å². The molecular weight excluding hydrogens is 394 g/mol. The van der Waals surface area contributed by atoms with E-state index < -0.39 is 11.2 Å². The van der Waals surface area contributed by atoms with E-state index in [1.165, 1.54) is 14.7 Å². The van der Waals surface area contributed by atoms with E-state index >= 15 is 0 Å². The lowest BCUT2D eigenvalue weighted by Gasteiger charge is -2.18. The molecule has 1 aliphatic rings. The minimum atomic E-state index is -0.437. The summed E-state index contributed by atoms with van der Waals surface area (Å²) in [4.78, 5) is 42.2. The molecule has 0 aliphatic heterocycles. The normalized spacial score (nSPS) is 13.1. The van der Waals surface area contributed by atoms with Crippen LogP contribution < -0.4 is 16.1 Å². The van der Waals surface area contributed by atoms with Gasteiger partial charge in [-0.15, -0.1) is 5.92 Å². The molecule has 162 valence electrons. The number of hydrogen-bond acceptors (Lipinski definition) is 6. The molecular formula is C22H27N7O2. The van der Waals surface area contributed by atoms with Gasteiger partial charge in [0.05, 0.1) is 13.1 Å². The van der Waals surface area contributed by atoms with Gasteiger partial charge < -0.3 is 4.90 Å². The van der Waals surface area contributed by atoms with Crippen molar-refractivity contribution in [2.45, 2.75) is 52.6 Å². The summed E-state index contributed by atoms with van der Waals surface area (Å²) < 4.78 is 4.36. The number of aryl methyl sites for hydroxylation is 3. The number of fused-ring (bicyclic) bond motifs is 2. The van der Waals surface area contributed by atoms with E-state index in [0.717, 1.165) is 37.1 Å². The van der Waals surface area contributed by atoms with Gasteiger partial charge in [-0.2, -0.15) is 4.98 Å². The van der Waals surface area contributed by atoms with Gasteiger partial charge in [-0.3, -0.25) is 18.5 Å². The third kappa shape index (κ3) is 3.52. The van der Waals surface area contributed by atoms with Gasteiger partial charge in [-0.25, -0.2) is 14.8 Å². The Morgan fingerprint density at radius 3 is 2.52 bits per heavy atom. The highest BCUT2D eigenvalue weighted by Gasteiger charge is 2.22. The maximum Gasteiger partial charge on any atom is 0.332 e. The van der Waals surface area contributed by atoms with Crippen molar-refractivity contribution in [2.24, 2.45) is 7.05 Å². The number of nitrogens with zero attached hydrogens (tertiary/aromatic N) is 7. The van der Waals surface area contributed by atoms with Gasteiger partial charge in [0.15, 0.2) is 11.2 Å². The minimum Gasteiger partial charge on any atom is -0.348 e. The zero-order valence-corrected chi connectivity index (χ0v) is 18.7. The Balaban J connectivity index is 1.91. The second-order valence-electron chi connectivity index (χ2n) is 8.08. The number of rotatable bonds is 4. The first kappa shape index (κ1) is 20.8. The maximum absolute atomic E-state index is 13.5. The van der Waals surface area contributed by atoms with E-state index in [1.807, 2.05) is 25.9 Å². The zero-order valence-electron chi connectivity index (χ0n) is 18.7. The molecule has 4 rings (SSSR count). The van der Waals surface area contributed by atoms with Crippen molar-refractivity contribution in [2.75, 3.05) is 19.0 Å². The average molecular weight is 422 g/mol. The van der Waals surface area contributed by atoms with Crippen molar-refractivity contribution in [3.8, 4) is 11.8 Å². The Kier molecular flexibility index (Phi) is 5.39. The van der Waals surface area contributed by atoms with E-state index in [-0.39, 0.29) is 6.54 Å². The molecule has 0 saturated heterocycles. The fourth-order valence-corrected chi connectivity index (χ4v) is 4.21. The van der Waals surface area contributed by atoms with Gasteiger partial charge in [0.25, 0.3) is 5.56 Å². The van der Waals surface area contributed by atoms with Crippen LogP contribution in [-0.2, 0) is 33.0 Å². The molecule has 0 saturated carbocycles. The largest absolute Gasteiger partial charge is 0.348 e. The molecule has 3 aromatic rings. The van der Waals surface area contributed by atoms with Crippen LogP contribution in [0.3, 0.4) is 0 Å². The number of anilines is 1. The fraction of sp³-hybridized carbons (Fsp3) is 0.500. The molecule has 0 amide bonds. The highest BCUT2D eigenvalue weighted by Crippen LogP contribution is 2.22. The van der Waals surface area contributed by atoms with Gasteiger partial charge in [-0.1, -0.05) is 5.92 Å². The van der Waals surface area contributed by atoms with Crippen LogP contribution in [0.2, 0.25) is 0 Å². The van der Waals surface area contributed by atoms with Crippen molar-refractivity contribution in [3.63, 3.8) is 0 Å². The smallest absolute Gasteiger partial charge is 0.332 e. The summed E-state index contributed by atoms with van der Waals surface area (Å²) in [5.74, 6) is 6.92. The molecule has 0 radical (unpaired) electrons. The summed E-state index contributed by atoms with van der Waals surface area (Å²) in [6.07, 6.45) is 4.14. The van der Waals surface area contributed by atoms with E-state index in [2.05, 4.69) is 21.8 Å². The zero-order chi connectivity index (χ0) is 22.3. The summed E-state index contributed by atoms with van der Waals surface area (Å²) in [6.45, 7) is 4.05. The van der Waals surface area contributed by atoms with Crippen LogP contribution in [0.5, 0.6) is 0 Å².